The van der Waals surface area contributed by atoms with Crippen LogP contribution in [0, 0.1) is 0 Å². The van der Waals surface area contributed by atoms with Crippen LogP contribution >= 0.6 is 0 Å². The van der Waals surface area contributed by atoms with Crippen LogP contribution in [0.2, 0.25) is 0 Å². The Morgan fingerprint density at radius 2 is 1.54 bits per heavy atom. The number of ether oxygens (including phenoxy) is 1. The number of hydrogen-bond donors (Lipinski definition) is 0. The number of carbonyl (C=O) groups is 1. The minimum Gasteiger partial charge on any atom is -0.497 e. The van der Waals surface area contributed by atoms with Crippen LogP contribution in [-0.2, 0) is 23.0 Å². The van der Waals surface area contributed by atoms with Gasteiger partial charge in [0.15, 0.2) is 0 Å². The van der Waals surface area contributed by atoms with Gasteiger partial charge < -0.3 is 9.64 Å². The highest BCUT2D eigenvalue weighted by molar-refractivity contribution is 7.92. The van der Waals surface area contributed by atoms with E-state index in [4.69, 9.17) is 4.74 Å². The van der Waals surface area contributed by atoms with Gasteiger partial charge in [-0.05, 0) is 66.9 Å². The number of hydrogen-bond acceptors (Lipinski definition) is 4. The molecular formula is C30H28N2O4S. The van der Waals surface area contributed by atoms with Crippen molar-refractivity contribution in [3.8, 4) is 5.75 Å². The summed E-state index contributed by atoms with van der Waals surface area (Å²) in [6.07, 6.45) is 0.752. The van der Waals surface area contributed by atoms with Gasteiger partial charge in [0, 0.05) is 11.7 Å². The van der Waals surface area contributed by atoms with Crippen molar-refractivity contribution >= 4 is 27.3 Å². The molecule has 0 saturated heterocycles. The van der Waals surface area contributed by atoms with Crippen molar-refractivity contribution in [3.05, 3.63) is 120 Å². The maximum Gasteiger partial charge on any atom is 0.264 e. The first-order valence-electron chi connectivity index (χ1n) is 12.1. The summed E-state index contributed by atoms with van der Waals surface area (Å²) in [5.74, 6) is 0.335. The van der Waals surface area contributed by atoms with Crippen molar-refractivity contribution in [2.24, 2.45) is 0 Å². The molecule has 7 heteroatoms. The molecular weight excluding hydrogens is 484 g/mol. The quantitative estimate of drug-likeness (QED) is 0.319. The van der Waals surface area contributed by atoms with Crippen molar-refractivity contribution in [1.82, 2.24) is 0 Å². The number of methoxy groups -OCH3 is 1. The van der Waals surface area contributed by atoms with Crippen LogP contribution in [0.1, 0.15) is 28.4 Å². The van der Waals surface area contributed by atoms with Gasteiger partial charge in [-0.2, -0.15) is 0 Å². The molecule has 0 fully saturated rings. The minimum absolute atomic E-state index is 0.0428. The molecule has 6 nitrogen and oxygen atoms in total. The lowest BCUT2D eigenvalue weighted by molar-refractivity contribution is 0.0982. The third-order valence-corrected chi connectivity index (χ3v) is 8.42. The third kappa shape index (κ3) is 4.70. The maximum atomic E-state index is 14.1. The summed E-state index contributed by atoms with van der Waals surface area (Å²) >= 11 is 0. The molecule has 0 bridgehead atoms. The summed E-state index contributed by atoms with van der Waals surface area (Å²) in [7, 11) is -2.49. The van der Waals surface area contributed by atoms with Gasteiger partial charge in [-0.25, -0.2) is 8.42 Å². The SMILES string of the molecule is COc1ccc(S(=O)(=O)N(Cc2ccccc2)c2ccccc2C(=O)N2c3ccccc3C[C@H]2C)cc1. The number of benzene rings is 4. The number of sulfonamides is 1. The number of para-hydroxylation sites is 2. The van der Waals surface area contributed by atoms with Crippen LogP contribution in [0.25, 0.3) is 0 Å². The zero-order valence-corrected chi connectivity index (χ0v) is 21.6. The average molecular weight is 513 g/mol. The Hall–Kier alpha value is -4.10. The van der Waals surface area contributed by atoms with Gasteiger partial charge >= 0.3 is 0 Å². The zero-order chi connectivity index (χ0) is 26.0. The monoisotopic (exact) mass is 512 g/mol. The predicted molar refractivity (Wildman–Crippen MR) is 146 cm³/mol. The van der Waals surface area contributed by atoms with Crippen LogP contribution in [0.15, 0.2) is 108 Å². The normalized spacial score (nSPS) is 14.8. The highest BCUT2D eigenvalue weighted by atomic mass is 32.2. The van der Waals surface area contributed by atoms with Crippen LogP contribution in [0.4, 0.5) is 11.4 Å². The highest BCUT2D eigenvalue weighted by Crippen LogP contribution is 2.36. The van der Waals surface area contributed by atoms with E-state index in [0.717, 1.165) is 23.2 Å². The van der Waals surface area contributed by atoms with Gasteiger partial charge in [-0.3, -0.25) is 9.10 Å². The molecule has 1 heterocycles. The molecule has 4 aromatic rings. The number of rotatable bonds is 7. The molecule has 0 saturated carbocycles. The third-order valence-electron chi connectivity index (χ3n) is 6.65. The Morgan fingerprint density at radius 1 is 0.892 bits per heavy atom. The molecule has 0 unspecified atom stereocenters. The molecule has 0 aromatic heterocycles. The topological polar surface area (TPSA) is 66.9 Å². The van der Waals surface area contributed by atoms with Crippen molar-refractivity contribution in [1.29, 1.82) is 0 Å². The molecule has 37 heavy (non-hydrogen) atoms. The van der Waals surface area contributed by atoms with Crippen molar-refractivity contribution in [3.63, 3.8) is 0 Å². The predicted octanol–water partition coefficient (Wildman–Crippen LogP) is 5.68. The van der Waals surface area contributed by atoms with Gasteiger partial charge in [-0.15, -0.1) is 0 Å². The summed E-state index contributed by atoms with van der Waals surface area (Å²) in [5, 5.41) is 0. The molecule has 0 spiro atoms. The van der Waals surface area contributed by atoms with E-state index in [1.54, 1.807) is 41.3 Å². The molecule has 1 amide bonds. The van der Waals surface area contributed by atoms with Crippen molar-refractivity contribution in [2.75, 3.05) is 16.3 Å². The molecule has 1 aliphatic heterocycles. The zero-order valence-electron chi connectivity index (χ0n) is 20.7. The van der Waals surface area contributed by atoms with Gasteiger partial charge in [0.1, 0.15) is 5.75 Å². The fourth-order valence-electron chi connectivity index (χ4n) is 4.80. The standard InChI is InChI=1S/C30H28N2O4S/c1-22-20-24-12-6-8-14-28(24)32(22)30(33)27-13-7-9-15-29(27)31(21-23-10-4-3-5-11-23)37(34,35)26-18-16-25(36-2)17-19-26/h3-19,22H,20-21H2,1-2H3/t22-/m1/s1. The molecule has 0 radical (unpaired) electrons. The largest absolute Gasteiger partial charge is 0.497 e. The van der Waals surface area contributed by atoms with E-state index < -0.39 is 10.0 Å². The molecule has 0 aliphatic carbocycles. The number of carbonyl (C=O) groups excluding carboxylic acids is 1. The fraction of sp³-hybridized carbons (Fsp3) is 0.167. The summed E-state index contributed by atoms with van der Waals surface area (Å²) in [4.78, 5) is 15.9. The Balaban J connectivity index is 1.62. The molecule has 5 rings (SSSR count). The van der Waals surface area contributed by atoms with Crippen LogP contribution in [0.3, 0.4) is 0 Å². The Labute approximate surface area is 217 Å². The van der Waals surface area contributed by atoms with Gasteiger partial charge in [-0.1, -0.05) is 60.7 Å². The Kier molecular flexibility index (Phi) is 6.72. The van der Waals surface area contributed by atoms with Gasteiger partial charge in [0.05, 0.1) is 29.8 Å². The number of amides is 1. The first-order chi connectivity index (χ1) is 17.9. The second-order valence-electron chi connectivity index (χ2n) is 9.05. The fourth-order valence-corrected chi connectivity index (χ4v) is 6.27. The first-order valence-corrected chi connectivity index (χ1v) is 13.6. The van der Waals surface area contributed by atoms with Crippen LogP contribution in [-0.4, -0.2) is 27.5 Å². The van der Waals surface area contributed by atoms with E-state index >= 15 is 0 Å². The van der Waals surface area contributed by atoms with Crippen LogP contribution in [0.5, 0.6) is 5.75 Å². The second kappa shape index (κ2) is 10.1. The second-order valence-corrected chi connectivity index (χ2v) is 10.9. The molecule has 4 aromatic carbocycles. The molecule has 1 atom stereocenters. The van der Waals surface area contributed by atoms with Crippen molar-refractivity contribution < 1.29 is 17.9 Å². The van der Waals surface area contributed by atoms with E-state index in [-0.39, 0.29) is 23.4 Å². The van der Waals surface area contributed by atoms with Crippen molar-refractivity contribution in [2.45, 2.75) is 30.8 Å². The average Bonchev–Trinajstić information content (AvgIpc) is 3.27. The van der Waals surface area contributed by atoms with E-state index in [2.05, 4.69) is 0 Å². The van der Waals surface area contributed by atoms with E-state index in [1.807, 2.05) is 61.5 Å². The smallest absolute Gasteiger partial charge is 0.264 e. The van der Waals surface area contributed by atoms with E-state index in [1.165, 1.54) is 23.5 Å². The van der Waals surface area contributed by atoms with E-state index in [0.29, 0.717) is 17.0 Å². The Morgan fingerprint density at radius 3 is 2.27 bits per heavy atom. The molecule has 188 valence electrons. The molecule has 1 aliphatic rings. The van der Waals surface area contributed by atoms with Gasteiger partial charge in [0.2, 0.25) is 0 Å². The van der Waals surface area contributed by atoms with E-state index in [9.17, 15) is 13.2 Å². The number of nitrogens with zero attached hydrogens (tertiary/aromatic N) is 2. The number of fused-ring (bicyclic) bond motifs is 1. The summed E-state index contributed by atoms with van der Waals surface area (Å²) < 4.78 is 34.6. The molecule has 0 N–H and O–H groups in total. The first kappa shape index (κ1) is 24.6. The number of anilines is 2. The highest BCUT2D eigenvalue weighted by Gasteiger charge is 2.35. The lowest BCUT2D eigenvalue weighted by atomic mass is 10.1. The Bertz CT molecular complexity index is 1520. The van der Waals surface area contributed by atoms with Crippen LogP contribution < -0.4 is 13.9 Å². The summed E-state index contributed by atoms with van der Waals surface area (Å²) in [5.41, 5.74) is 3.44. The minimum atomic E-state index is -4.02. The summed E-state index contributed by atoms with van der Waals surface area (Å²) in [6.45, 7) is 2.09. The lowest BCUT2D eigenvalue weighted by Crippen LogP contribution is -2.38. The van der Waals surface area contributed by atoms with Gasteiger partial charge in [0.25, 0.3) is 15.9 Å². The summed E-state index contributed by atoms with van der Waals surface area (Å²) in [6, 6.07) is 30.4. The lowest BCUT2D eigenvalue weighted by Gasteiger charge is -2.29. The maximum absolute atomic E-state index is 14.1.